The van der Waals surface area contributed by atoms with E-state index in [1.807, 2.05) is 0 Å². The lowest BCUT2D eigenvalue weighted by Gasteiger charge is -2.35. The zero-order valence-electron chi connectivity index (χ0n) is 45.9. The van der Waals surface area contributed by atoms with Crippen LogP contribution in [-0.2, 0) is 28.8 Å². The Hall–Kier alpha value is -6.60. The summed E-state index contributed by atoms with van der Waals surface area (Å²) in [4.78, 5) is 116. The first kappa shape index (κ1) is 59.1. The van der Waals surface area contributed by atoms with Gasteiger partial charge in [0.05, 0.1) is 24.2 Å². The van der Waals surface area contributed by atoms with E-state index in [1.165, 1.54) is 46.2 Å². The highest BCUT2D eigenvalue weighted by Gasteiger charge is 2.47. The second-order valence-electron chi connectivity index (χ2n) is 22.1. The summed E-state index contributed by atoms with van der Waals surface area (Å²) in [7, 11) is 3.32. The number of amides is 7. The quantitative estimate of drug-likeness (QED) is 0.0658. The Labute approximate surface area is 456 Å². The van der Waals surface area contributed by atoms with Crippen LogP contribution < -0.4 is 37.2 Å². The van der Waals surface area contributed by atoms with E-state index in [2.05, 4.69) is 37.2 Å². The topological polar surface area (TPSA) is 227 Å². The van der Waals surface area contributed by atoms with Crippen molar-refractivity contribution in [3.63, 3.8) is 0 Å². The summed E-state index contributed by atoms with van der Waals surface area (Å²) in [6.07, 6.45) is 8.79. The SMILES string of the molecule is CN[C@@H](C)C(=O)N[C@H](C(=O)N1C[C@@H](NC(=O)c2ccc(C(=O)C[C@H]3C[C@@H](C(=O)N[C@H](C)c4ccc(F)cc4)N(C(=O)[C@@H](NC(=O)[C@H](C)NC)C4CCCCC4)C3)cc2)CC1C(=O)N[C@H](C)c1ccc(F)cc1)C1CCCCC1. The number of benzene rings is 3. The molecule has 0 bridgehead atoms. The summed E-state index contributed by atoms with van der Waals surface area (Å²) in [6, 6.07) is 11.0. The molecule has 0 aromatic heterocycles. The fourth-order valence-electron chi connectivity index (χ4n) is 11.6. The molecule has 19 heteroatoms. The second kappa shape index (κ2) is 27.3. The van der Waals surface area contributed by atoms with Crippen LogP contribution >= 0.6 is 0 Å². The number of halogens is 2. The molecular formula is C59H79F2N9O8. The van der Waals surface area contributed by atoms with Crippen LogP contribution in [0.15, 0.2) is 72.8 Å². The minimum absolute atomic E-state index is 0.0151. The Morgan fingerprint density at radius 2 is 0.936 bits per heavy atom. The number of rotatable bonds is 21. The number of carbonyl (C=O) groups is 8. The highest BCUT2D eigenvalue weighted by molar-refractivity contribution is 6.00. The number of nitrogens with zero attached hydrogens (tertiary/aromatic N) is 2. The molecule has 7 rings (SSSR count). The largest absolute Gasteiger partial charge is 0.348 e. The molecule has 2 saturated heterocycles. The highest BCUT2D eigenvalue weighted by atomic mass is 19.1. The summed E-state index contributed by atoms with van der Waals surface area (Å²) in [6.45, 7) is 7.00. The zero-order valence-corrected chi connectivity index (χ0v) is 45.9. The molecule has 1 unspecified atom stereocenters. The predicted octanol–water partition coefficient (Wildman–Crippen LogP) is 5.55. The third-order valence-electron chi connectivity index (χ3n) is 16.6. The summed E-state index contributed by atoms with van der Waals surface area (Å²) in [5.74, 6) is -4.70. The van der Waals surface area contributed by atoms with Gasteiger partial charge in [0.25, 0.3) is 5.91 Å². The molecule has 17 nitrogen and oxygen atoms in total. The summed E-state index contributed by atoms with van der Waals surface area (Å²) >= 11 is 0. The number of likely N-dealkylation sites (N-methyl/N-ethyl adjacent to an activating group) is 2. The minimum atomic E-state index is -1.01. The summed E-state index contributed by atoms with van der Waals surface area (Å²) < 4.78 is 27.6. The third kappa shape index (κ3) is 14.9. The van der Waals surface area contributed by atoms with Gasteiger partial charge in [-0.1, -0.05) is 74.9 Å². The Bertz CT molecular complexity index is 2420. The van der Waals surface area contributed by atoms with Gasteiger partial charge in [-0.15, -0.1) is 0 Å². The van der Waals surface area contributed by atoms with Gasteiger partial charge in [0, 0.05) is 36.7 Å². The van der Waals surface area contributed by atoms with Gasteiger partial charge < -0.3 is 47.0 Å². The second-order valence-corrected chi connectivity index (χ2v) is 22.1. The first-order valence-electron chi connectivity index (χ1n) is 28.0. The maximum atomic E-state index is 14.8. The van der Waals surface area contributed by atoms with Gasteiger partial charge in [-0.05, 0) is 146 Å². The molecule has 2 heterocycles. The van der Waals surface area contributed by atoms with Crippen molar-refractivity contribution in [1.29, 1.82) is 0 Å². The third-order valence-corrected chi connectivity index (χ3v) is 16.6. The molecule has 0 radical (unpaired) electrons. The van der Waals surface area contributed by atoms with E-state index in [9.17, 15) is 47.1 Å². The van der Waals surface area contributed by atoms with Crippen molar-refractivity contribution in [2.45, 2.75) is 166 Å². The number of nitrogens with one attached hydrogen (secondary N) is 7. The lowest BCUT2D eigenvalue weighted by atomic mass is 9.83. The van der Waals surface area contributed by atoms with E-state index in [0.717, 1.165) is 64.2 Å². The molecule has 2 aliphatic heterocycles. The number of hydrogen-bond donors (Lipinski definition) is 7. The van der Waals surface area contributed by atoms with Crippen molar-refractivity contribution in [3.8, 4) is 0 Å². The van der Waals surface area contributed by atoms with Gasteiger partial charge in [-0.25, -0.2) is 8.78 Å². The molecule has 422 valence electrons. The molecule has 7 amide bonds. The average molecular weight is 1080 g/mol. The number of Topliss-reactive ketones (excluding diaryl/α,β-unsaturated/α-hetero) is 1. The molecule has 7 N–H and O–H groups in total. The van der Waals surface area contributed by atoms with Crippen molar-refractivity contribution in [2.75, 3.05) is 27.2 Å². The lowest BCUT2D eigenvalue weighted by Crippen LogP contribution is -2.58. The van der Waals surface area contributed by atoms with E-state index in [-0.39, 0.29) is 73.3 Å². The number of carbonyl (C=O) groups excluding carboxylic acids is 8. The van der Waals surface area contributed by atoms with Crippen LogP contribution in [0.25, 0.3) is 0 Å². The van der Waals surface area contributed by atoms with Gasteiger partial charge in [0.1, 0.15) is 35.8 Å². The number of hydrogen-bond acceptors (Lipinski definition) is 10. The fourth-order valence-corrected chi connectivity index (χ4v) is 11.6. The maximum Gasteiger partial charge on any atom is 0.251 e. The minimum Gasteiger partial charge on any atom is -0.348 e. The Morgan fingerprint density at radius 3 is 1.37 bits per heavy atom. The van der Waals surface area contributed by atoms with E-state index in [0.29, 0.717) is 16.7 Å². The van der Waals surface area contributed by atoms with Crippen LogP contribution in [0.1, 0.15) is 155 Å². The lowest BCUT2D eigenvalue weighted by molar-refractivity contribution is -0.143. The first-order valence-corrected chi connectivity index (χ1v) is 28.0. The van der Waals surface area contributed by atoms with Crippen LogP contribution in [0.4, 0.5) is 8.78 Å². The smallest absolute Gasteiger partial charge is 0.251 e. The Morgan fingerprint density at radius 1 is 0.526 bits per heavy atom. The van der Waals surface area contributed by atoms with E-state index in [4.69, 9.17) is 0 Å². The molecule has 78 heavy (non-hydrogen) atoms. The van der Waals surface area contributed by atoms with Gasteiger partial charge >= 0.3 is 0 Å². The zero-order chi connectivity index (χ0) is 56.2. The Balaban J connectivity index is 1.06. The molecule has 2 aliphatic carbocycles. The van der Waals surface area contributed by atoms with Gasteiger partial charge in [-0.2, -0.15) is 0 Å². The standard InChI is InChI=1S/C59H79F2N9O8/c1-34(39-21-25-45(60)26-22-39)64-56(75)48-29-38(32-69(48)58(77)51(42-13-9-7-10-14-42)67-53(72)36(3)62-5)30-50(71)41-17-19-44(20-18-41)55(74)66-47-31-49(57(76)65-35(2)40-23-27-46(61)28-24-40)70(33-47)59(78)52(43-15-11-8-12-16-43)68-54(73)37(4)63-6/h17-28,34-38,42-43,47-49,51-52,62-63H,7-16,29-33H2,1-6H3,(H,64,75)(H,65,76)(H,66,74)(H,67,72)(H,68,73)/t34-,35-,36+,37+,38-,47+,48+,49?,51+,52+/m1/s1. The van der Waals surface area contributed by atoms with Crippen LogP contribution in [0.5, 0.6) is 0 Å². The Kier molecular flexibility index (Phi) is 20.7. The fraction of sp³-hybridized carbons (Fsp3) is 0.559. The van der Waals surface area contributed by atoms with Crippen molar-refractivity contribution in [2.24, 2.45) is 17.8 Å². The molecule has 10 atom stereocenters. The maximum absolute atomic E-state index is 14.8. The first-order chi connectivity index (χ1) is 37.3. The van der Waals surface area contributed by atoms with Crippen LogP contribution in [-0.4, -0.2) is 126 Å². The van der Waals surface area contributed by atoms with Gasteiger partial charge in [0.15, 0.2) is 5.78 Å². The average Bonchev–Trinajstić information content (AvgIpc) is 4.13. The van der Waals surface area contributed by atoms with Crippen molar-refractivity contribution in [1.82, 2.24) is 47.0 Å². The van der Waals surface area contributed by atoms with E-state index in [1.54, 1.807) is 78.2 Å². The van der Waals surface area contributed by atoms with Crippen LogP contribution in [0.3, 0.4) is 0 Å². The summed E-state index contributed by atoms with van der Waals surface area (Å²) in [5.41, 5.74) is 1.86. The molecule has 2 saturated carbocycles. The van der Waals surface area contributed by atoms with E-state index < -0.39 is 95.6 Å². The molecular weight excluding hydrogens is 1000 g/mol. The molecule has 3 aromatic carbocycles. The van der Waals surface area contributed by atoms with Crippen molar-refractivity contribution < 1.29 is 47.1 Å². The van der Waals surface area contributed by atoms with Gasteiger partial charge in [0.2, 0.25) is 35.4 Å². The van der Waals surface area contributed by atoms with E-state index >= 15 is 0 Å². The number of ketones is 1. The van der Waals surface area contributed by atoms with Crippen LogP contribution in [0.2, 0.25) is 0 Å². The molecule has 4 fully saturated rings. The number of likely N-dealkylation sites (tertiary alicyclic amines) is 2. The van der Waals surface area contributed by atoms with Crippen LogP contribution in [0, 0.1) is 29.4 Å². The van der Waals surface area contributed by atoms with Gasteiger partial charge in [-0.3, -0.25) is 38.4 Å². The highest BCUT2D eigenvalue weighted by Crippen LogP contribution is 2.34. The molecule has 3 aromatic rings. The van der Waals surface area contributed by atoms with Crippen molar-refractivity contribution in [3.05, 3.63) is 107 Å². The molecule has 4 aliphatic rings. The normalized spacial score (nSPS) is 22.3. The monoisotopic (exact) mass is 1080 g/mol. The van der Waals surface area contributed by atoms with Crippen molar-refractivity contribution >= 4 is 47.1 Å². The predicted molar refractivity (Wildman–Crippen MR) is 290 cm³/mol. The molecule has 0 spiro atoms. The summed E-state index contributed by atoms with van der Waals surface area (Å²) in [5, 5.41) is 20.8.